The molecule has 4 nitrogen and oxygen atoms in total. The second kappa shape index (κ2) is 6.60. The lowest BCUT2D eigenvalue weighted by Gasteiger charge is -2.37. The topological polar surface area (TPSA) is 52.6 Å². The van der Waals surface area contributed by atoms with Gasteiger partial charge in [-0.25, -0.2) is 0 Å². The minimum Gasteiger partial charge on any atom is -0.414 e. The zero-order chi connectivity index (χ0) is 16.3. The van der Waals surface area contributed by atoms with Gasteiger partial charge in [0.05, 0.1) is 12.9 Å². The van der Waals surface area contributed by atoms with Crippen LogP contribution in [-0.2, 0) is 18.7 Å². The summed E-state index contributed by atoms with van der Waals surface area (Å²) in [5, 5.41) is 0.0688. The molecular weight excluding hydrogens is 304 g/mol. The van der Waals surface area contributed by atoms with Crippen molar-refractivity contribution in [2.24, 2.45) is 0 Å². The van der Waals surface area contributed by atoms with Crippen LogP contribution < -0.4 is 0 Å². The van der Waals surface area contributed by atoms with Crippen LogP contribution in [-0.4, -0.2) is 29.6 Å². The van der Waals surface area contributed by atoms with Crippen LogP contribution in [0.1, 0.15) is 32.4 Å². The second-order valence-corrected chi connectivity index (χ2v) is 13.2. The van der Waals surface area contributed by atoms with Crippen LogP contribution in [0.15, 0.2) is 30.3 Å². The van der Waals surface area contributed by atoms with Crippen molar-refractivity contribution < 1.29 is 17.0 Å². The Morgan fingerprint density at radius 1 is 1.14 bits per heavy atom. The molecule has 0 bridgehead atoms. The first-order chi connectivity index (χ1) is 9.42. The van der Waals surface area contributed by atoms with Gasteiger partial charge in [-0.15, -0.1) is 0 Å². The molecule has 0 fully saturated rings. The van der Waals surface area contributed by atoms with Gasteiger partial charge in [-0.2, -0.15) is 8.42 Å². The summed E-state index contributed by atoms with van der Waals surface area (Å²) in [6.07, 6.45) is 0.463. The quantitative estimate of drug-likeness (QED) is 0.589. The first-order valence-corrected chi connectivity index (χ1v) is 11.7. The third kappa shape index (κ3) is 5.90. The van der Waals surface area contributed by atoms with E-state index in [1.165, 1.54) is 0 Å². The van der Waals surface area contributed by atoms with E-state index in [1.807, 2.05) is 30.3 Å². The van der Waals surface area contributed by atoms with Gasteiger partial charge >= 0.3 is 0 Å². The van der Waals surface area contributed by atoms with Crippen LogP contribution in [0.5, 0.6) is 0 Å². The van der Waals surface area contributed by atoms with Crippen molar-refractivity contribution in [2.75, 3.05) is 12.9 Å². The fraction of sp³-hybridized carbons (Fsp3) is 0.600. The lowest BCUT2D eigenvalue weighted by molar-refractivity contribution is 0.127. The van der Waals surface area contributed by atoms with Crippen LogP contribution in [0.3, 0.4) is 0 Å². The van der Waals surface area contributed by atoms with Crippen molar-refractivity contribution in [2.45, 2.75) is 45.0 Å². The third-order valence-corrected chi connectivity index (χ3v) is 8.95. The number of hydrogen-bond donors (Lipinski definition) is 0. The van der Waals surface area contributed by atoms with Crippen LogP contribution in [0, 0.1) is 0 Å². The molecule has 6 heteroatoms. The Morgan fingerprint density at radius 2 is 1.67 bits per heavy atom. The molecule has 0 aromatic heterocycles. The molecule has 0 radical (unpaired) electrons. The minimum absolute atomic E-state index is 0.0688. The highest BCUT2D eigenvalue weighted by molar-refractivity contribution is 7.86. The summed E-state index contributed by atoms with van der Waals surface area (Å²) in [7, 11) is -5.49. The summed E-state index contributed by atoms with van der Waals surface area (Å²) in [6.45, 7) is 11.0. The highest BCUT2D eigenvalue weighted by Crippen LogP contribution is 2.37. The Balaban J connectivity index is 2.90. The summed E-state index contributed by atoms with van der Waals surface area (Å²) in [5.74, 6) is 0. The summed E-state index contributed by atoms with van der Waals surface area (Å²) in [4.78, 5) is 0. The Labute approximate surface area is 129 Å². The highest BCUT2D eigenvalue weighted by atomic mass is 32.2. The first-order valence-electron chi connectivity index (χ1n) is 6.99. The lowest BCUT2D eigenvalue weighted by atomic mass is 10.1. The molecule has 21 heavy (non-hydrogen) atoms. The average molecular weight is 331 g/mol. The molecule has 0 N–H and O–H groups in total. The highest BCUT2D eigenvalue weighted by Gasteiger charge is 2.38. The van der Waals surface area contributed by atoms with Crippen LogP contribution in [0.25, 0.3) is 0 Å². The maximum atomic E-state index is 11.5. The SMILES string of the molecule is CC(C)(C)[Si](C)(C)OCC(OS(C)(=O)=O)c1ccccc1. The van der Waals surface area contributed by atoms with E-state index in [4.69, 9.17) is 8.61 Å². The van der Waals surface area contributed by atoms with Crippen LogP contribution >= 0.6 is 0 Å². The van der Waals surface area contributed by atoms with Gasteiger partial charge in [0.2, 0.25) is 0 Å². The smallest absolute Gasteiger partial charge is 0.265 e. The van der Waals surface area contributed by atoms with E-state index in [2.05, 4.69) is 33.9 Å². The molecule has 0 saturated carbocycles. The molecule has 0 aliphatic heterocycles. The summed E-state index contributed by atoms with van der Waals surface area (Å²) < 4.78 is 34.2. The Hall–Kier alpha value is -0.693. The molecular formula is C15H26O4SSi. The molecule has 0 saturated heterocycles. The molecule has 0 heterocycles. The summed E-state index contributed by atoms with van der Waals surface area (Å²) >= 11 is 0. The molecule has 0 aliphatic rings. The van der Waals surface area contributed by atoms with Crippen molar-refractivity contribution in [1.29, 1.82) is 0 Å². The van der Waals surface area contributed by atoms with Crippen LogP contribution in [0.2, 0.25) is 18.1 Å². The van der Waals surface area contributed by atoms with Gasteiger partial charge in [0.1, 0.15) is 6.10 Å². The normalized spacial score (nSPS) is 15.0. The summed E-state index contributed by atoms with van der Waals surface area (Å²) in [6, 6.07) is 9.31. The lowest BCUT2D eigenvalue weighted by Crippen LogP contribution is -2.42. The predicted octanol–water partition coefficient (Wildman–Crippen LogP) is 3.73. The predicted molar refractivity (Wildman–Crippen MR) is 88.3 cm³/mol. The Morgan fingerprint density at radius 3 is 2.10 bits per heavy atom. The van der Waals surface area contributed by atoms with Crippen molar-refractivity contribution in [3.05, 3.63) is 35.9 Å². The second-order valence-electron chi connectivity index (χ2n) is 6.77. The molecule has 0 spiro atoms. The maximum absolute atomic E-state index is 11.5. The van der Waals surface area contributed by atoms with Gasteiger partial charge in [-0.1, -0.05) is 51.1 Å². The molecule has 1 aromatic rings. The van der Waals surface area contributed by atoms with E-state index in [-0.39, 0.29) is 11.6 Å². The van der Waals surface area contributed by atoms with Crippen molar-refractivity contribution in [3.8, 4) is 0 Å². The zero-order valence-corrected chi connectivity index (χ0v) is 15.5. The number of benzene rings is 1. The first kappa shape index (κ1) is 18.4. The van der Waals surface area contributed by atoms with Gasteiger partial charge in [0, 0.05) is 0 Å². The van der Waals surface area contributed by atoms with Crippen molar-refractivity contribution in [3.63, 3.8) is 0 Å². The molecule has 1 rings (SSSR count). The fourth-order valence-corrected chi connectivity index (χ4v) is 3.15. The van der Waals surface area contributed by atoms with Crippen molar-refractivity contribution >= 4 is 18.4 Å². The minimum atomic E-state index is -3.54. The standard InChI is InChI=1S/C15H26O4SSi/c1-15(2,3)21(5,6)18-12-14(19-20(4,16)17)13-10-8-7-9-11-13/h7-11,14H,12H2,1-6H3. The van der Waals surface area contributed by atoms with Gasteiger partial charge in [-0.05, 0) is 23.7 Å². The Kier molecular flexibility index (Phi) is 5.77. The average Bonchev–Trinajstić information content (AvgIpc) is 2.33. The number of hydrogen-bond acceptors (Lipinski definition) is 4. The monoisotopic (exact) mass is 330 g/mol. The van der Waals surface area contributed by atoms with E-state index in [0.717, 1.165) is 11.8 Å². The van der Waals surface area contributed by atoms with E-state index in [0.29, 0.717) is 0 Å². The van der Waals surface area contributed by atoms with Gasteiger partial charge in [0.25, 0.3) is 10.1 Å². The van der Waals surface area contributed by atoms with Crippen molar-refractivity contribution in [1.82, 2.24) is 0 Å². The Bertz CT molecular complexity index is 547. The largest absolute Gasteiger partial charge is 0.414 e. The third-order valence-electron chi connectivity index (χ3n) is 3.86. The fourth-order valence-electron chi connectivity index (χ4n) is 1.56. The number of rotatable bonds is 6. The van der Waals surface area contributed by atoms with E-state index in [9.17, 15) is 8.42 Å². The molecule has 0 aliphatic carbocycles. The van der Waals surface area contributed by atoms with E-state index in [1.54, 1.807) is 0 Å². The van der Waals surface area contributed by atoms with E-state index < -0.39 is 24.5 Å². The van der Waals surface area contributed by atoms with Crippen LogP contribution in [0.4, 0.5) is 0 Å². The van der Waals surface area contributed by atoms with Gasteiger partial charge < -0.3 is 4.43 Å². The van der Waals surface area contributed by atoms with Gasteiger partial charge in [-0.3, -0.25) is 4.18 Å². The molecule has 1 aromatic carbocycles. The maximum Gasteiger partial charge on any atom is 0.265 e. The van der Waals surface area contributed by atoms with Gasteiger partial charge in [0.15, 0.2) is 8.32 Å². The molecule has 1 unspecified atom stereocenters. The molecule has 1 atom stereocenters. The zero-order valence-electron chi connectivity index (χ0n) is 13.7. The molecule has 0 amide bonds. The van der Waals surface area contributed by atoms with E-state index >= 15 is 0 Å². The summed E-state index contributed by atoms with van der Waals surface area (Å²) in [5.41, 5.74) is 0.807. The molecule has 120 valence electrons.